The highest BCUT2D eigenvalue weighted by Gasteiger charge is 2.40. The zero-order valence-electron chi connectivity index (χ0n) is 16.3. The Morgan fingerprint density at radius 3 is 2.59 bits per heavy atom. The maximum atomic E-state index is 12.9. The summed E-state index contributed by atoms with van der Waals surface area (Å²) in [5.41, 5.74) is 10.6. The SMILES string of the molecule is Cc1cc(C)n(-c2ccccc2CNC(=O)C2CC3CCCC(C2)C3N)n1. The molecule has 2 bridgehead atoms. The molecule has 1 heterocycles. The van der Waals surface area contributed by atoms with Gasteiger partial charge in [0.05, 0.1) is 11.4 Å². The lowest BCUT2D eigenvalue weighted by atomic mass is 9.65. The lowest BCUT2D eigenvalue weighted by molar-refractivity contribution is -0.128. The largest absolute Gasteiger partial charge is 0.352 e. The van der Waals surface area contributed by atoms with E-state index in [1.807, 2.05) is 23.7 Å². The molecule has 2 saturated carbocycles. The van der Waals surface area contributed by atoms with Crippen molar-refractivity contribution in [2.24, 2.45) is 23.5 Å². The highest BCUT2D eigenvalue weighted by Crippen LogP contribution is 2.41. The Kier molecular flexibility index (Phi) is 5.04. The number of fused-ring (bicyclic) bond motifs is 2. The van der Waals surface area contributed by atoms with Gasteiger partial charge < -0.3 is 11.1 Å². The second kappa shape index (κ2) is 7.47. The van der Waals surface area contributed by atoms with E-state index in [1.54, 1.807) is 0 Å². The summed E-state index contributed by atoms with van der Waals surface area (Å²) < 4.78 is 1.96. The third kappa shape index (κ3) is 3.65. The molecule has 4 rings (SSSR count). The monoisotopic (exact) mass is 366 g/mol. The Balaban J connectivity index is 1.45. The van der Waals surface area contributed by atoms with Crippen LogP contribution in [0.3, 0.4) is 0 Å². The second-order valence-corrected chi connectivity index (χ2v) is 8.38. The molecule has 0 spiro atoms. The Bertz CT molecular complexity index is 813. The molecule has 0 radical (unpaired) electrons. The van der Waals surface area contributed by atoms with Crippen molar-refractivity contribution in [3.8, 4) is 5.69 Å². The number of hydrogen-bond acceptors (Lipinski definition) is 3. The summed E-state index contributed by atoms with van der Waals surface area (Å²) in [7, 11) is 0. The second-order valence-electron chi connectivity index (χ2n) is 8.38. The number of rotatable bonds is 4. The third-order valence-electron chi connectivity index (χ3n) is 6.47. The van der Waals surface area contributed by atoms with Crippen molar-refractivity contribution in [3.63, 3.8) is 0 Å². The maximum absolute atomic E-state index is 12.9. The summed E-state index contributed by atoms with van der Waals surface area (Å²) in [5, 5.41) is 7.78. The van der Waals surface area contributed by atoms with Crippen LogP contribution in [0.5, 0.6) is 0 Å². The molecule has 2 atom stereocenters. The van der Waals surface area contributed by atoms with Crippen molar-refractivity contribution in [3.05, 3.63) is 47.3 Å². The molecule has 5 heteroatoms. The normalized spacial score (nSPS) is 27.4. The van der Waals surface area contributed by atoms with Gasteiger partial charge in [-0.25, -0.2) is 4.68 Å². The minimum Gasteiger partial charge on any atom is -0.352 e. The number of nitrogens with two attached hydrogens (primary N) is 1. The number of amides is 1. The smallest absolute Gasteiger partial charge is 0.223 e. The summed E-state index contributed by atoms with van der Waals surface area (Å²) in [4.78, 5) is 12.9. The highest BCUT2D eigenvalue weighted by atomic mass is 16.1. The van der Waals surface area contributed by atoms with Crippen LogP contribution in [0.2, 0.25) is 0 Å². The Morgan fingerprint density at radius 2 is 1.93 bits per heavy atom. The van der Waals surface area contributed by atoms with Crippen LogP contribution in [-0.2, 0) is 11.3 Å². The first kappa shape index (κ1) is 18.2. The van der Waals surface area contributed by atoms with E-state index in [0.717, 1.165) is 35.5 Å². The van der Waals surface area contributed by atoms with Crippen LogP contribution in [0.15, 0.2) is 30.3 Å². The number of aryl methyl sites for hydroxylation is 2. The van der Waals surface area contributed by atoms with Gasteiger partial charge in [0.25, 0.3) is 0 Å². The Labute approximate surface area is 161 Å². The molecule has 1 aromatic heterocycles. The summed E-state index contributed by atoms with van der Waals surface area (Å²) in [5.74, 6) is 1.34. The predicted molar refractivity (Wildman–Crippen MR) is 106 cm³/mol. The number of aromatic nitrogens is 2. The Morgan fingerprint density at radius 1 is 1.22 bits per heavy atom. The van der Waals surface area contributed by atoms with Crippen LogP contribution in [0, 0.1) is 31.6 Å². The van der Waals surface area contributed by atoms with Gasteiger partial charge in [-0.3, -0.25) is 4.79 Å². The summed E-state index contributed by atoms with van der Waals surface area (Å²) >= 11 is 0. The molecular formula is C22H30N4O. The Hall–Kier alpha value is -2.14. The van der Waals surface area contributed by atoms with Crippen molar-refractivity contribution in [1.29, 1.82) is 0 Å². The van der Waals surface area contributed by atoms with Crippen molar-refractivity contribution < 1.29 is 4.79 Å². The average molecular weight is 367 g/mol. The highest BCUT2D eigenvalue weighted by molar-refractivity contribution is 5.79. The summed E-state index contributed by atoms with van der Waals surface area (Å²) in [6.07, 6.45) is 5.53. The van der Waals surface area contributed by atoms with E-state index in [1.165, 1.54) is 19.3 Å². The van der Waals surface area contributed by atoms with Gasteiger partial charge >= 0.3 is 0 Å². The fraction of sp³-hybridized carbons (Fsp3) is 0.545. The first-order valence-corrected chi connectivity index (χ1v) is 10.2. The molecular weight excluding hydrogens is 336 g/mol. The molecule has 27 heavy (non-hydrogen) atoms. The number of nitrogens with one attached hydrogen (secondary N) is 1. The van der Waals surface area contributed by atoms with Crippen molar-refractivity contribution in [2.45, 2.75) is 58.5 Å². The molecule has 144 valence electrons. The van der Waals surface area contributed by atoms with E-state index in [-0.39, 0.29) is 11.8 Å². The van der Waals surface area contributed by atoms with Crippen LogP contribution in [0.25, 0.3) is 5.69 Å². The molecule has 2 aliphatic carbocycles. The standard InChI is InChI=1S/C22H30N4O/c1-14-10-15(2)26(25-14)20-9-4-3-6-18(20)13-24-22(27)19-11-16-7-5-8-17(12-19)21(16)23/h3-4,6,9-10,16-17,19,21H,5,7-8,11-13,23H2,1-2H3,(H,24,27). The van der Waals surface area contributed by atoms with E-state index < -0.39 is 0 Å². The molecule has 0 aliphatic heterocycles. The van der Waals surface area contributed by atoms with Crippen molar-refractivity contribution in [1.82, 2.24) is 15.1 Å². The van der Waals surface area contributed by atoms with Gasteiger partial charge in [0.1, 0.15) is 0 Å². The van der Waals surface area contributed by atoms with Gasteiger partial charge in [0.2, 0.25) is 5.91 Å². The molecule has 2 fully saturated rings. The molecule has 3 N–H and O–H groups in total. The number of hydrogen-bond donors (Lipinski definition) is 2. The topological polar surface area (TPSA) is 72.9 Å². The van der Waals surface area contributed by atoms with E-state index in [9.17, 15) is 4.79 Å². The van der Waals surface area contributed by atoms with Crippen LogP contribution >= 0.6 is 0 Å². The number of nitrogens with zero attached hydrogens (tertiary/aromatic N) is 2. The van der Waals surface area contributed by atoms with Gasteiger partial charge in [-0.05, 0) is 69.1 Å². The van der Waals surface area contributed by atoms with Crippen LogP contribution in [0.1, 0.15) is 49.1 Å². The number of benzene rings is 1. The fourth-order valence-electron chi connectivity index (χ4n) is 5.07. The molecule has 1 aromatic carbocycles. The maximum Gasteiger partial charge on any atom is 0.223 e. The van der Waals surface area contributed by atoms with E-state index in [0.29, 0.717) is 24.4 Å². The minimum absolute atomic E-state index is 0.112. The van der Waals surface area contributed by atoms with Crippen LogP contribution in [0.4, 0.5) is 0 Å². The first-order chi connectivity index (χ1) is 13.0. The van der Waals surface area contributed by atoms with Crippen LogP contribution in [-0.4, -0.2) is 21.7 Å². The molecule has 0 saturated heterocycles. The average Bonchev–Trinajstić information content (AvgIpc) is 2.97. The zero-order chi connectivity index (χ0) is 19.0. The summed E-state index contributed by atoms with van der Waals surface area (Å²) in [6, 6.07) is 10.5. The lowest BCUT2D eigenvalue weighted by Gasteiger charge is -2.43. The molecule has 2 unspecified atom stereocenters. The zero-order valence-corrected chi connectivity index (χ0v) is 16.3. The summed E-state index contributed by atoms with van der Waals surface area (Å²) in [6.45, 7) is 4.59. The molecule has 2 aliphatic rings. The first-order valence-electron chi connectivity index (χ1n) is 10.2. The molecule has 5 nitrogen and oxygen atoms in total. The fourth-order valence-corrected chi connectivity index (χ4v) is 5.07. The number of carbonyl (C=O) groups is 1. The molecule has 2 aromatic rings. The van der Waals surface area contributed by atoms with Gasteiger partial charge in [0, 0.05) is 24.2 Å². The van der Waals surface area contributed by atoms with E-state index >= 15 is 0 Å². The quantitative estimate of drug-likeness (QED) is 0.872. The minimum atomic E-state index is 0.112. The van der Waals surface area contributed by atoms with E-state index in [4.69, 9.17) is 5.73 Å². The van der Waals surface area contributed by atoms with Crippen molar-refractivity contribution in [2.75, 3.05) is 0 Å². The molecule has 1 amide bonds. The van der Waals surface area contributed by atoms with Crippen LogP contribution < -0.4 is 11.1 Å². The van der Waals surface area contributed by atoms with Gasteiger partial charge in [0.15, 0.2) is 0 Å². The number of carbonyl (C=O) groups excluding carboxylic acids is 1. The lowest BCUT2D eigenvalue weighted by Crippen LogP contribution is -2.49. The van der Waals surface area contributed by atoms with E-state index in [2.05, 4.69) is 35.5 Å². The predicted octanol–water partition coefficient (Wildman–Crippen LogP) is 3.26. The number of para-hydroxylation sites is 1. The van der Waals surface area contributed by atoms with Gasteiger partial charge in [-0.15, -0.1) is 0 Å². The third-order valence-corrected chi connectivity index (χ3v) is 6.47. The van der Waals surface area contributed by atoms with Gasteiger partial charge in [-0.2, -0.15) is 5.10 Å². The van der Waals surface area contributed by atoms with Crippen molar-refractivity contribution >= 4 is 5.91 Å². The van der Waals surface area contributed by atoms with Gasteiger partial charge in [-0.1, -0.05) is 24.6 Å².